The van der Waals surface area contributed by atoms with Crippen LogP contribution in [-0.4, -0.2) is 64.5 Å². The number of nitrogens with zero attached hydrogens (tertiary/aromatic N) is 4. The molecule has 0 atom stereocenters. The van der Waals surface area contributed by atoms with Gasteiger partial charge in [0.15, 0.2) is 0 Å². The minimum Gasteiger partial charge on any atom is -0.345 e. The number of Topliss-reactive ketones (excluding diaryl/α,β-unsaturated/α-hetero) is 1. The molecule has 2 heterocycles. The van der Waals surface area contributed by atoms with Gasteiger partial charge in [-0.1, -0.05) is 42.5 Å². The molecule has 0 spiro atoms. The molecule has 1 aliphatic rings. The number of aromatic nitrogens is 2. The van der Waals surface area contributed by atoms with Gasteiger partial charge in [0.05, 0.1) is 22.6 Å². The van der Waals surface area contributed by atoms with Gasteiger partial charge in [-0.2, -0.15) is 5.10 Å². The number of nitrogens with one attached hydrogen (secondary N) is 1. The predicted octanol–water partition coefficient (Wildman–Crippen LogP) is 2.74. The smallest absolute Gasteiger partial charge is 0.292 e. The van der Waals surface area contributed by atoms with Crippen LogP contribution in [0.1, 0.15) is 32.9 Å². The molecule has 3 aromatic rings. The van der Waals surface area contributed by atoms with Crippen molar-refractivity contribution in [2.45, 2.75) is 26.9 Å². The van der Waals surface area contributed by atoms with E-state index in [0.717, 1.165) is 44.0 Å². The monoisotopic (exact) mass is 445 g/mol. The van der Waals surface area contributed by atoms with Crippen molar-refractivity contribution in [1.82, 2.24) is 24.9 Å². The first-order valence-electron chi connectivity index (χ1n) is 11.4. The molecule has 2 aromatic carbocycles. The number of hydrogen-bond acceptors (Lipinski definition) is 5. The van der Waals surface area contributed by atoms with Crippen molar-refractivity contribution in [3.05, 3.63) is 82.7 Å². The van der Waals surface area contributed by atoms with E-state index in [1.54, 1.807) is 11.6 Å². The molecule has 172 valence electrons. The van der Waals surface area contributed by atoms with E-state index >= 15 is 0 Å². The van der Waals surface area contributed by atoms with E-state index in [1.807, 2.05) is 49.4 Å². The summed E-state index contributed by atoms with van der Waals surface area (Å²) >= 11 is 0. The first-order chi connectivity index (χ1) is 15.9. The standard InChI is InChI=1S/C26H31N5O2/c1-19-24(20(2)31(28-19)23-10-5-4-6-11-23)25(32)26(33)27-17-21-8-7-9-22(16-21)18-30-14-12-29(3)13-15-30/h4-11,16H,12-15,17-18H2,1-3H3,(H,27,33). The van der Waals surface area contributed by atoms with Gasteiger partial charge in [-0.05, 0) is 44.2 Å². The number of piperazine rings is 1. The summed E-state index contributed by atoms with van der Waals surface area (Å²) in [6.07, 6.45) is 0. The first kappa shape index (κ1) is 22.9. The van der Waals surface area contributed by atoms with Crippen LogP contribution >= 0.6 is 0 Å². The van der Waals surface area contributed by atoms with E-state index in [-0.39, 0.29) is 0 Å². The fraction of sp³-hybridized carbons (Fsp3) is 0.346. The zero-order valence-corrected chi connectivity index (χ0v) is 19.5. The topological polar surface area (TPSA) is 70.5 Å². The average Bonchev–Trinajstić information content (AvgIpc) is 3.13. The number of carbonyl (C=O) groups is 2. The predicted molar refractivity (Wildman–Crippen MR) is 128 cm³/mol. The van der Waals surface area contributed by atoms with Crippen LogP contribution in [0.15, 0.2) is 54.6 Å². The Morgan fingerprint density at radius 3 is 2.36 bits per heavy atom. The summed E-state index contributed by atoms with van der Waals surface area (Å²) in [7, 11) is 2.15. The molecular weight excluding hydrogens is 414 g/mol. The Balaban J connectivity index is 1.39. The molecule has 1 aliphatic heterocycles. The average molecular weight is 446 g/mol. The van der Waals surface area contributed by atoms with Crippen molar-refractivity contribution >= 4 is 11.7 Å². The van der Waals surface area contributed by atoms with Gasteiger partial charge >= 0.3 is 0 Å². The molecular formula is C26H31N5O2. The number of ketones is 1. The van der Waals surface area contributed by atoms with Crippen LogP contribution in [0.2, 0.25) is 0 Å². The van der Waals surface area contributed by atoms with Crippen LogP contribution in [0.5, 0.6) is 0 Å². The second-order valence-electron chi connectivity index (χ2n) is 8.70. The van der Waals surface area contributed by atoms with Crippen molar-refractivity contribution in [2.24, 2.45) is 0 Å². The van der Waals surface area contributed by atoms with Crippen LogP contribution in [0, 0.1) is 13.8 Å². The number of aryl methyl sites for hydroxylation is 1. The Morgan fingerprint density at radius 1 is 0.939 bits per heavy atom. The number of para-hydroxylation sites is 1. The number of benzene rings is 2. The van der Waals surface area contributed by atoms with Gasteiger partial charge in [-0.25, -0.2) is 4.68 Å². The lowest BCUT2D eigenvalue weighted by atomic mass is 10.1. The fourth-order valence-corrected chi connectivity index (χ4v) is 4.27. The van der Waals surface area contributed by atoms with E-state index in [4.69, 9.17) is 0 Å². The summed E-state index contributed by atoms with van der Waals surface area (Å²) in [5, 5.41) is 7.27. The highest BCUT2D eigenvalue weighted by molar-refractivity contribution is 6.43. The minimum atomic E-state index is -0.613. The lowest BCUT2D eigenvalue weighted by Gasteiger charge is -2.32. The summed E-state index contributed by atoms with van der Waals surface area (Å²) in [5.74, 6) is -1.17. The van der Waals surface area contributed by atoms with Crippen molar-refractivity contribution in [3.8, 4) is 5.69 Å². The fourth-order valence-electron chi connectivity index (χ4n) is 4.27. The molecule has 0 saturated carbocycles. The van der Waals surface area contributed by atoms with Crippen molar-refractivity contribution in [2.75, 3.05) is 33.2 Å². The van der Waals surface area contributed by atoms with Crippen LogP contribution < -0.4 is 5.32 Å². The van der Waals surface area contributed by atoms with Gasteiger partial charge in [-0.15, -0.1) is 0 Å². The quantitative estimate of drug-likeness (QED) is 0.447. The molecule has 1 fully saturated rings. The molecule has 0 unspecified atom stereocenters. The van der Waals surface area contributed by atoms with E-state index in [1.165, 1.54) is 5.56 Å². The maximum absolute atomic E-state index is 12.9. The van der Waals surface area contributed by atoms with Crippen LogP contribution in [-0.2, 0) is 17.9 Å². The minimum absolute atomic E-state index is 0.312. The lowest BCUT2D eigenvalue weighted by molar-refractivity contribution is -0.117. The number of hydrogen-bond donors (Lipinski definition) is 1. The summed E-state index contributed by atoms with van der Waals surface area (Å²) in [6.45, 7) is 9.06. The van der Waals surface area contributed by atoms with Gasteiger partial charge in [0.1, 0.15) is 0 Å². The van der Waals surface area contributed by atoms with E-state index < -0.39 is 11.7 Å². The molecule has 33 heavy (non-hydrogen) atoms. The summed E-state index contributed by atoms with van der Waals surface area (Å²) in [5.41, 5.74) is 4.62. The molecule has 0 aliphatic carbocycles. The highest BCUT2D eigenvalue weighted by atomic mass is 16.2. The van der Waals surface area contributed by atoms with E-state index in [0.29, 0.717) is 23.5 Å². The van der Waals surface area contributed by atoms with Crippen LogP contribution in [0.25, 0.3) is 5.69 Å². The number of carbonyl (C=O) groups excluding carboxylic acids is 2. The number of amides is 1. The van der Waals surface area contributed by atoms with Crippen molar-refractivity contribution in [1.29, 1.82) is 0 Å². The highest BCUT2D eigenvalue weighted by Gasteiger charge is 2.25. The van der Waals surface area contributed by atoms with Crippen LogP contribution in [0.3, 0.4) is 0 Å². The van der Waals surface area contributed by atoms with Gasteiger partial charge in [0, 0.05) is 39.3 Å². The van der Waals surface area contributed by atoms with Gasteiger partial charge in [-0.3, -0.25) is 14.5 Å². The largest absolute Gasteiger partial charge is 0.345 e. The summed E-state index contributed by atoms with van der Waals surface area (Å²) in [6, 6.07) is 17.8. The molecule has 1 amide bonds. The third-order valence-corrected chi connectivity index (χ3v) is 6.17. The first-order valence-corrected chi connectivity index (χ1v) is 11.4. The number of rotatable bonds is 7. The van der Waals surface area contributed by atoms with Crippen molar-refractivity contribution < 1.29 is 9.59 Å². The highest BCUT2D eigenvalue weighted by Crippen LogP contribution is 2.18. The zero-order valence-electron chi connectivity index (χ0n) is 19.5. The van der Waals surface area contributed by atoms with Crippen molar-refractivity contribution in [3.63, 3.8) is 0 Å². The Morgan fingerprint density at radius 2 is 1.64 bits per heavy atom. The Kier molecular flexibility index (Phi) is 7.01. The van der Waals surface area contributed by atoms with Gasteiger partial charge in [0.25, 0.3) is 11.7 Å². The third kappa shape index (κ3) is 5.38. The Bertz CT molecular complexity index is 1130. The zero-order chi connectivity index (χ0) is 23.4. The molecule has 1 aromatic heterocycles. The molecule has 0 radical (unpaired) electrons. The van der Waals surface area contributed by atoms with E-state index in [2.05, 4.69) is 39.4 Å². The number of likely N-dealkylation sites (N-methyl/N-ethyl adjacent to an activating group) is 1. The van der Waals surface area contributed by atoms with Gasteiger partial charge < -0.3 is 10.2 Å². The van der Waals surface area contributed by atoms with Gasteiger partial charge in [0.2, 0.25) is 0 Å². The molecule has 1 saturated heterocycles. The van der Waals surface area contributed by atoms with E-state index in [9.17, 15) is 9.59 Å². The lowest BCUT2D eigenvalue weighted by Crippen LogP contribution is -2.43. The molecule has 7 heteroatoms. The maximum atomic E-state index is 12.9. The summed E-state index contributed by atoms with van der Waals surface area (Å²) < 4.78 is 1.71. The Labute approximate surface area is 195 Å². The SMILES string of the molecule is Cc1nn(-c2ccccc2)c(C)c1C(=O)C(=O)NCc1cccc(CN2CCN(C)CC2)c1. The third-order valence-electron chi connectivity index (χ3n) is 6.17. The molecule has 0 bridgehead atoms. The second kappa shape index (κ2) is 10.1. The summed E-state index contributed by atoms with van der Waals surface area (Å²) in [4.78, 5) is 30.4. The molecule has 1 N–H and O–H groups in total. The normalized spacial score (nSPS) is 14.9. The molecule has 4 rings (SSSR count). The molecule has 7 nitrogen and oxygen atoms in total. The maximum Gasteiger partial charge on any atom is 0.292 e. The Hall–Kier alpha value is -3.29. The second-order valence-corrected chi connectivity index (χ2v) is 8.70. The van der Waals surface area contributed by atoms with Crippen LogP contribution in [0.4, 0.5) is 0 Å².